The summed E-state index contributed by atoms with van der Waals surface area (Å²) in [5, 5.41) is 16.8. The molecule has 0 aromatic carbocycles. The molecule has 1 aromatic heterocycles. The first-order valence-electron chi connectivity index (χ1n) is 3.63. The van der Waals surface area contributed by atoms with Gasteiger partial charge in [0.2, 0.25) is 0 Å². The molecular formula is C6H9F2N3OS. The molecule has 0 radical (unpaired) electrons. The fraction of sp³-hybridized carbons (Fsp3) is 0.667. The summed E-state index contributed by atoms with van der Waals surface area (Å²) in [5.74, 6) is 0. The van der Waals surface area contributed by atoms with Crippen molar-refractivity contribution in [2.45, 2.75) is 19.1 Å². The number of aliphatic hydroxyl groups is 1. The minimum absolute atomic E-state index is 0.144. The van der Waals surface area contributed by atoms with Gasteiger partial charge in [0, 0.05) is 18.5 Å². The van der Waals surface area contributed by atoms with Crippen LogP contribution in [0.3, 0.4) is 0 Å². The maximum Gasteiger partial charge on any atom is 0.265 e. The second-order valence-electron chi connectivity index (χ2n) is 2.43. The molecule has 0 saturated carbocycles. The van der Waals surface area contributed by atoms with Crippen LogP contribution in [0.5, 0.6) is 0 Å². The van der Waals surface area contributed by atoms with E-state index < -0.39 is 12.5 Å². The van der Waals surface area contributed by atoms with Crippen molar-refractivity contribution in [2.75, 3.05) is 6.54 Å². The van der Waals surface area contributed by atoms with Gasteiger partial charge in [-0.3, -0.25) is 0 Å². The van der Waals surface area contributed by atoms with Gasteiger partial charge in [-0.25, -0.2) is 8.78 Å². The van der Waals surface area contributed by atoms with E-state index in [-0.39, 0.29) is 6.54 Å². The van der Waals surface area contributed by atoms with E-state index in [1.165, 1.54) is 11.5 Å². The number of hydrogen-bond donors (Lipinski definition) is 2. The van der Waals surface area contributed by atoms with Crippen molar-refractivity contribution in [1.82, 2.24) is 14.9 Å². The number of halogens is 2. The zero-order valence-electron chi connectivity index (χ0n) is 6.65. The van der Waals surface area contributed by atoms with E-state index in [2.05, 4.69) is 14.9 Å². The number of nitrogens with zero attached hydrogens (tertiary/aromatic N) is 2. The van der Waals surface area contributed by atoms with Crippen molar-refractivity contribution < 1.29 is 13.9 Å². The third-order valence-electron chi connectivity index (χ3n) is 1.36. The molecule has 0 bridgehead atoms. The Morgan fingerprint density at radius 2 is 2.38 bits per heavy atom. The molecule has 1 aromatic rings. The van der Waals surface area contributed by atoms with Gasteiger partial charge in [-0.2, -0.15) is 0 Å². The summed E-state index contributed by atoms with van der Waals surface area (Å²) in [6, 6.07) is 0. The summed E-state index contributed by atoms with van der Waals surface area (Å²) in [7, 11) is 0. The Morgan fingerprint density at radius 1 is 1.62 bits per heavy atom. The molecule has 74 valence electrons. The van der Waals surface area contributed by atoms with E-state index >= 15 is 0 Å². The second-order valence-corrected chi connectivity index (χ2v) is 3.04. The molecule has 0 aliphatic heterocycles. The van der Waals surface area contributed by atoms with Crippen LogP contribution in [-0.2, 0) is 6.54 Å². The zero-order chi connectivity index (χ0) is 9.68. The molecule has 1 atom stereocenters. The summed E-state index contributed by atoms with van der Waals surface area (Å²) < 4.78 is 27.2. The van der Waals surface area contributed by atoms with Crippen LogP contribution in [0.4, 0.5) is 8.78 Å². The first-order chi connectivity index (χ1) is 6.20. The number of nitrogens with one attached hydrogen (secondary N) is 1. The van der Waals surface area contributed by atoms with Crippen LogP contribution in [0.25, 0.3) is 0 Å². The van der Waals surface area contributed by atoms with E-state index in [0.29, 0.717) is 12.2 Å². The molecule has 7 heteroatoms. The molecule has 13 heavy (non-hydrogen) atoms. The van der Waals surface area contributed by atoms with Crippen LogP contribution in [0.15, 0.2) is 5.38 Å². The molecule has 0 aliphatic carbocycles. The quantitative estimate of drug-likeness (QED) is 0.730. The Hall–Kier alpha value is -0.660. The summed E-state index contributed by atoms with van der Waals surface area (Å²) in [6.45, 7) is 0.204. The van der Waals surface area contributed by atoms with Crippen molar-refractivity contribution in [3.63, 3.8) is 0 Å². The van der Waals surface area contributed by atoms with E-state index in [4.69, 9.17) is 5.11 Å². The highest BCUT2D eigenvalue weighted by Crippen LogP contribution is 2.00. The molecule has 0 aliphatic rings. The van der Waals surface area contributed by atoms with Crippen LogP contribution in [0.2, 0.25) is 0 Å². The van der Waals surface area contributed by atoms with E-state index in [0.717, 1.165) is 0 Å². The van der Waals surface area contributed by atoms with Crippen LogP contribution < -0.4 is 5.32 Å². The predicted octanol–water partition coefficient (Wildman–Crippen LogP) is 0.254. The van der Waals surface area contributed by atoms with Crippen molar-refractivity contribution in [2.24, 2.45) is 0 Å². The van der Waals surface area contributed by atoms with Gasteiger partial charge >= 0.3 is 0 Å². The van der Waals surface area contributed by atoms with Gasteiger partial charge < -0.3 is 10.4 Å². The minimum atomic E-state index is -2.71. The molecule has 0 fully saturated rings. The maximum absolute atomic E-state index is 11.8. The fourth-order valence-electron chi connectivity index (χ4n) is 0.698. The van der Waals surface area contributed by atoms with Crippen molar-refractivity contribution in [1.29, 1.82) is 0 Å². The van der Waals surface area contributed by atoms with E-state index in [1.807, 2.05) is 0 Å². The number of rotatable bonds is 5. The number of alkyl halides is 2. The fourth-order valence-corrected chi connectivity index (χ4v) is 1.15. The molecule has 0 amide bonds. The Bertz CT molecular complexity index is 232. The molecule has 0 spiro atoms. The Labute approximate surface area is 77.8 Å². The molecule has 1 rings (SSSR count). The van der Waals surface area contributed by atoms with Gasteiger partial charge in [-0.1, -0.05) is 4.49 Å². The SMILES string of the molecule is OC(CNCc1csnn1)C(F)F. The van der Waals surface area contributed by atoms with Gasteiger partial charge in [0.15, 0.2) is 0 Å². The maximum atomic E-state index is 11.8. The summed E-state index contributed by atoms with van der Waals surface area (Å²) in [5.41, 5.74) is 0.687. The van der Waals surface area contributed by atoms with Gasteiger partial charge in [-0.15, -0.1) is 5.10 Å². The third kappa shape index (κ3) is 3.71. The number of hydrogen-bond acceptors (Lipinski definition) is 5. The molecule has 1 unspecified atom stereocenters. The summed E-state index contributed by atoms with van der Waals surface area (Å²) >= 11 is 1.19. The highest BCUT2D eigenvalue weighted by Gasteiger charge is 2.15. The molecule has 1 heterocycles. The lowest BCUT2D eigenvalue weighted by Gasteiger charge is -2.08. The summed E-state index contributed by atoms with van der Waals surface area (Å²) in [6.07, 6.45) is -4.33. The topological polar surface area (TPSA) is 58.0 Å². The average molecular weight is 209 g/mol. The first kappa shape index (κ1) is 10.4. The van der Waals surface area contributed by atoms with Crippen LogP contribution in [0, 0.1) is 0 Å². The van der Waals surface area contributed by atoms with Gasteiger partial charge in [0.05, 0.1) is 5.69 Å². The average Bonchev–Trinajstić information content (AvgIpc) is 2.56. The van der Waals surface area contributed by atoms with Crippen LogP contribution in [-0.4, -0.2) is 33.8 Å². The number of aliphatic hydroxyl groups excluding tert-OH is 1. The molecular weight excluding hydrogens is 200 g/mol. The normalized spacial score (nSPS) is 13.5. The summed E-state index contributed by atoms with van der Waals surface area (Å²) in [4.78, 5) is 0. The first-order valence-corrected chi connectivity index (χ1v) is 4.46. The lowest BCUT2D eigenvalue weighted by atomic mass is 10.3. The zero-order valence-corrected chi connectivity index (χ0v) is 7.47. The smallest absolute Gasteiger partial charge is 0.265 e. The minimum Gasteiger partial charge on any atom is -0.386 e. The Balaban J connectivity index is 2.14. The number of aromatic nitrogens is 2. The third-order valence-corrected chi connectivity index (χ3v) is 1.91. The molecule has 4 nitrogen and oxygen atoms in total. The van der Waals surface area contributed by atoms with Gasteiger partial charge in [0.1, 0.15) is 6.10 Å². The predicted molar refractivity (Wildman–Crippen MR) is 43.6 cm³/mol. The van der Waals surface area contributed by atoms with E-state index in [9.17, 15) is 8.78 Å². The standard InChI is InChI=1S/C6H9F2N3OS/c7-6(8)5(12)2-9-1-4-3-13-11-10-4/h3,5-6,9,12H,1-2H2. The van der Waals surface area contributed by atoms with Gasteiger partial charge in [0.25, 0.3) is 6.43 Å². The lowest BCUT2D eigenvalue weighted by molar-refractivity contribution is -0.00344. The molecule has 0 saturated heterocycles. The largest absolute Gasteiger partial charge is 0.386 e. The van der Waals surface area contributed by atoms with Crippen LogP contribution in [0.1, 0.15) is 5.69 Å². The lowest BCUT2D eigenvalue weighted by Crippen LogP contribution is -2.31. The molecule has 2 N–H and O–H groups in total. The van der Waals surface area contributed by atoms with Crippen molar-refractivity contribution in [3.05, 3.63) is 11.1 Å². The Morgan fingerprint density at radius 3 is 2.92 bits per heavy atom. The second kappa shape index (κ2) is 5.15. The van der Waals surface area contributed by atoms with Gasteiger partial charge in [-0.05, 0) is 11.5 Å². The van der Waals surface area contributed by atoms with Crippen molar-refractivity contribution >= 4 is 11.5 Å². The monoisotopic (exact) mass is 209 g/mol. The Kier molecular flexibility index (Phi) is 4.13. The van der Waals surface area contributed by atoms with Crippen molar-refractivity contribution in [3.8, 4) is 0 Å². The highest BCUT2D eigenvalue weighted by atomic mass is 32.1. The van der Waals surface area contributed by atoms with Crippen LogP contribution >= 0.6 is 11.5 Å². The highest BCUT2D eigenvalue weighted by molar-refractivity contribution is 7.03. The van der Waals surface area contributed by atoms with E-state index in [1.54, 1.807) is 5.38 Å².